The van der Waals surface area contributed by atoms with Crippen LogP contribution in [0.25, 0.3) is 11.0 Å². The van der Waals surface area contributed by atoms with E-state index in [0.717, 1.165) is 6.26 Å². The Bertz CT molecular complexity index is 672. The third-order valence-electron chi connectivity index (χ3n) is 2.27. The van der Waals surface area contributed by atoms with Crippen molar-refractivity contribution in [2.75, 3.05) is 6.61 Å². The molecule has 2 N–H and O–H groups in total. The molecule has 0 unspecified atom stereocenters. The molecule has 2 rings (SSSR count). The number of hydrogen-bond acceptors (Lipinski definition) is 6. The zero-order valence-corrected chi connectivity index (χ0v) is 9.84. The minimum Gasteiger partial charge on any atom is -0.489 e. The van der Waals surface area contributed by atoms with Gasteiger partial charge in [-0.2, -0.15) is 15.4 Å². The monoisotopic (exact) mass is 263 g/mol. The molecule has 2 aromatic rings. The van der Waals surface area contributed by atoms with Crippen molar-refractivity contribution in [3.63, 3.8) is 0 Å². The molecule has 8 heteroatoms. The summed E-state index contributed by atoms with van der Waals surface area (Å²) >= 11 is 0. The molecule has 0 fully saturated rings. The van der Waals surface area contributed by atoms with Crippen molar-refractivity contribution in [2.45, 2.75) is 6.92 Å². The Morgan fingerprint density at radius 1 is 1.58 bits per heavy atom. The van der Waals surface area contributed by atoms with Gasteiger partial charge in [-0.15, -0.1) is 0 Å². The van der Waals surface area contributed by atoms with Crippen molar-refractivity contribution in [1.29, 1.82) is 0 Å². The van der Waals surface area contributed by atoms with E-state index < -0.39 is 5.97 Å². The lowest BCUT2D eigenvalue weighted by Gasteiger charge is -2.11. The van der Waals surface area contributed by atoms with Crippen LogP contribution in [0.15, 0.2) is 12.3 Å². The lowest BCUT2D eigenvalue weighted by atomic mass is 10.1. The molecule has 0 bridgehead atoms. The summed E-state index contributed by atoms with van der Waals surface area (Å²) in [6, 6.07) is 1.42. The normalized spacial score (nSPS) is 9.95. The summed E-state index contributed by atoms with van der Waals surface area (Å²) in [5.41, 5.74) is 0.260. The molecule has 0 saturated heterocycles. The number of carbonyl (C=O) groups is 1. The van der Waals surface area contributed by atoms with Gasteiger partial charge in [0.1, 0.15) is 16.6 Å². The Morgan fingerprint density at radius 2 is 2.37 bits per heavy atom. The van der Waals surface area contributed by atoms with Crippen LogP contribution >= 0.6 is 0 Å². The summed E-state index contributed by atoms with van der Waals surface area (Å²) < 4.78 is 10.3. The van der Waals surface area contributed by atoms with E-state index in [1.807, 2.05) is 0 Å². The fourth-order valence-corrected chi connectivity index (χ4v) is 1.61. The minimum absolute atomic E-state index is 0.0112. The lowest BCUT2D eigenvalue weighted by molar-refractivity contribution is 0.0694. The van der Waals surface area contributed by atoms with Crippen LogP contribution in [0.3, 0.4) is 0 Å². The van der Waals surface area contributed by atoms with Gasteiger partial charge in [-0.05, 0) is 6.92 Å². The fraction of sp³-hybridized carbons (Fsp3) is 0.182. The zero-order chi connectivity index (χ0) is 13.8. The molecule has 0 aliphatic rings. The number of aromatic amines is 1. The number of carbonyl (C=O) groups excluding carboxylic acids is 1. The van der Waals surface area contributed by atoms with Crippen molar-refractivity contribution < 1.29 is 24.2 Å². The summed E-state index contributed by atoms with van der Waals surface area (Å²) in [4.78, 5) is 21.5. The first-order valence-corrected chi connectivity index (χ1v) is 5.28. The predicted molar refractivity (Wildman–Crippen MR) is 62.9 cm³/mol. The third-order valence-corrected chi connectivity index (χ3v) is 2.27. The number of H-pyrrole nitrogens is 1. The van der Waals surface area contributed by atoms with E-state index in [-0.39, 0.29) is 34.7 Å². The van der Waals surface area contributed by atoms with E-state index in [2.05, 4.69) is 15.4 Å². The largest absolute Gasteiger partial charge is 0.489 e. The Balaban J connectivity index is 2.74. The number of rotatable bonds is 5. The highest BCUT2D eigenvalue weighted by Crippen LogP contribution is 2.36. The number of benzene rings is 1. The summed E-state index contributed by atoms with van der Waals surface area (Å²) in [5.74, 6) is 0.247. The van der Waals surface area contributed by atoms with Gasteiger partial charge in [0.25, 0.3) is 0 Å². The second-order valence-electron chi connectivity index (χ2n) is 3.36. The second-order valence-corrected chi connectivity index (χ2v) is 3.36. The van der Waals surface area contributed by atoms with Gasteiger partial charge in [0.05, 0.1) is 6.61 Å². The topological polar surface area (TPSA) is 114 Å². The molecule has 0 aliphatic heterocycles. The summed E-state index contributed by atoms with van der Waals surface area (Å²) in [5, 5.41) is 19.1. The molecule has 1 heterocycles. The molecule has 0 atom stereocenters. The SMILES string of the molecule is CCOc1c(OC=C=O)cc2n[nH]nc2c1C(=O)O. The Kier molecular flexibility index (Phi) is 3.44. The van der Waals surface area contributed by atoms with Gasteiger partial charge in [-0.25, -0.2) is 9.59 Å². The van der Waals surface area contributed by atoms with Crippen molar-refractivity contribution in [3.05, 3.63) is 17.9 Å². The maximum Gasteiger partial charge on any atom is 0.342 e. The lowest BCUT2D eigenvalue weighted by Crippen LogP contribution is -2.05. The second kappa shape index (κ2) is 5.19. The molecule has 0 spiro atoms. The zero-order valence-electron chi connectivity index (χ0n) is 9.84. The standard InChI is InChI=1S/C11H9N3O5/c1-2-18-10-7(19-4-3-15)5-6-9(13-14-12-6)8(10)11(16)17/h4-5H,2H2,1H3,(H,16,17)(H,12,13,14). The summed E-state index contributed by atoms with van der Waals surface area (Å²) in [6.07, 6.45) is 0.759. The van der Waals surface area contributed by atoms with Crippen LogP contribution in [-0.4, -0.2) is 39.0 Å². The Hall–Kier alpha value is -2.86. The molecule has 98 valence electrons. The van der Waals surface area contributed by atoms with Gasteiger partial charge in [0.15, 0.2) is 23.7 Å². The van der Waals surface area contributed by atoms with Gasteiger partial charge in [-0.3, -0.25) is 0 Å². The predicted octanol–water partition coefficient (Wildman–Crippen LogP) is 0.779. The number of nitrogens with one attached hydrogen (secondary N) is 1. The molecule has 0 aliphatic carbocycles. The fourth-order valence-electron chi connectivity index (χ4n) is 1.61. The van der Waals surface area contributed by atoms with E-state index in [1.165, 1.54) is 12.0 Å². The van der Waals surface area contributed by atoms with E-state index >= 15 is 0 Å². The molecule has 1 aromatic heterocycles. The van der Waals surface area contributed by atoms with E-state index in [9.17, 15) is 14.7 Å². The van der Waals surface area contributed by atoms with E-state index in [1.54, 1.807) is 6.92 Å². The molecular formula is C11H9N3O5. The first-order chi connectivity index (χ1) is 9.19. The van der Waals surface area contributed by atoms with Crippen LogP contribution in [0.4, 0.5) is 0 Å². The highest BCUT2D eigenvalue weighted by Gasteiger charge is 2.23. The molecular weight excluding hydrogens is 254 g/mol. The van der Waals surface area contributed by atoms with Crippen LogP contribution in [0.5, 0.6) is 11.5 Å². The Morgan fingerprint density at radius 3 is 3.00 bits per heavy atom. The number of fused-ring (bicyclic) bond motifs is 1. The number of aromatic carboxylic acids is 1. The number of ether oxygens (including phenoxy) is 2. The average Bonchev–Trinajstić information content (AvgIpc) is 2.83. The van der Waals surface area contributed by atoms with E-state index in [4.69, 9.17) is 9.47 Å². The van der Waals surface area contributed by atoms with Crippen LogP contribution < -0.4 is 9.47 Å². The summed E-state index contributed by atoms with van der Waals surface area (Å²) in [6.45, 7) is 1.92. The number of hydrogen-bond donors (Lipinski definition) is 2. The highest BCUT2D eigenvalue weighted by molar-refractivity contribution is 6.04. The van der Waals surface area contributed by atoms with Crippen molar-refractivity contribution in [1.82, 2.24) is 15.4 Å². The van der Waals surface area contributed by atoms with Crippen LogP contribution in [0.2, 0.25) is 0 Å². The average molecular weight is 263 g/mol. The highest BCUT2D eigenvalue weighted by atomic mass is 16.5. The molecule has 1 aromatic carbocycles. The summed E-state index contributed by atoms with van der Waals surface area (Å²) in [7, 11) is 0. The van der Waals surface area contributed by atoms with Gasteiger partial charge < -0.3 is 14.6 Å². The first kappa shape index (κ1) is 12.6. The molecule has 8 nitrogen and oxygen atoms in total. The van der Waals surface area contributed by atoms with Gasteiger partial charge in [0, 0.05) is 6.07 Å². The quantitative estimate of drug-likeness (QED) is 0.605. The third kappa shape index (κ3) is 2.24. The van der Waals surface area contributed by atoms with Crippen LogP contribution in [0.1, 0.15) is 17.3 Å². The van der Waals surface area contributed by atoms with Crippen LogP contribution in [0, 0.1) is 0 Å². The smallest absolute Gasteiger partial charge is 0.342 e. The minimum atomic E-state index is -1.23. The Labute approximate surface area is 106 Å². The number of nitrogens with zero attached hydrogens (tertiary/aromatic N) is 2. The number of carboxylic acid groups (broad SMARTS) is 1. The molecule has 0 radical (unpaired) electrons. The van der Waals surface area contributed by atoms with Gasteiger partial charge in [0.2, 0.25) is 0 Å². The maximum atomic E-state index is 11.3. The first-order valence-electron chi connectivity index (χ1n) is 5.28. The maximum absolute atomic E-state index is 11.3. The molecule has 0 saturated carbocycles. The van der Waals surface area contributed by atoms with Crippen LogP contribution in [-0.2, 0) is 4.79 Å². The number of aromatic nitrogens is 3. The van der Waals surface area contributed by atoms with Crippen molar-refractivity contribution >= 4 is 22.9 Å². The molecule has 19 heavy (non-hydrogen) atoms. The van der Waals surface area contributed by atoms with E-state index in [0.29, 0.717) is 0 Å². The van der Waals surface area contributed by atoms with Crippen molar-refractivity contribution in [3.8, 4) is 11.5 Å². The van der Waals surface area contributed by atoms with Crippen molar-refractivity contribution in [2.24, 2.45) is 0 Å². The van der Waals surface area contributed by atoms with Gasteiger partial charge >= 0.3 is 5.97 Å². The molecule has 0 amide bonds. The van der Waals surface area contributed by atoms with Gasteiger partial charge in [-0.1, -0.05) is 0 Å². The number of carboxylic acids is 1.